The van der Waals surface area contributed by atoms with Crippen molar-refractivity contribution in [2.75, 3.05) is 55.9 Å². The third kappa shape index (κ3) is 20.7. The van der Waals surface area contributed by atoms with E-state index in [4.69, 9.17) is 125 Å². The van der Waals surface area contributed by atoms with Gasteiger partial charge in [-0.1, -0.05) is 92.8 Å². The van der Waals surface area contributed by atoms with Crippen molar-refractivity contribution >= 4 is 155 Å². The first-order valence-corrected chi connectivity index (χ1v) is 22.3. The monoisotopic (exact) mass is 1130 g/mol. The number of nitrogens with zero attached hydrogens (tertiary/aromatic N) is 3. The molecule has 0 aliphatic rings. The second-order valence-electron chi connectivity index (χ2n) is 12.6. The lowest BCUT2D eigenvalue weighted by molar-refractivity contribution is -0.387. The van der Waals surface area contributed by atoms with E-state index in [1.165, 1.54) is 28.8 Å². The van der Waals surface area contributed by atoms with Crippen molar-refractivity contribution in [1.82, 2.24) is 9.55 Å². The Morgan fingerprint density at radius 2 is 1.15 bits per heavy atom. The van der Waals surface area contributed by atoms with Crippen molar-refractivity contribution in [3.8, 4) is 0 Å². The van der Waals surface area contributed by atoms with Crippen LogP contribution in [0.25, 0.3) is 11.0 Å². The van der Waals surface area contributed by atoms with E-state index in [0.717, 1.165) is 17.8 Å². The predicted molar refractivity (Wildman–Crippen MR) is 265 cm³/mol. The molecule has 372 valence electrons. The van der Waals surface area contributed by atoms with Gasteiger partial charge in [-0.2, -0.15) is 4.39 Å². The summed E-state index contributed by atoms with van der Waals surface area (Å²) in [5.41, 5.74) is 6.02. The number of hydrogen-bond acceptors (Lipinski definition) is 15. The molecule has 0 saturated heterocycles. The van der Waals surface area contributed by atoms with Crippen LogP contribution >= 0.6 is 104 Å². The number of nitro benzene ring substituents is 2. The van der Waals surface area contributed by atoms with Crippen molar-refractivity contribution in [3.05, 3.63) is 135 Å². The molecule has 8 N–H and O–H groups in total. The number of aliphatic hydroxyl groups is 3. The number of hydrogen-bond donors (Lipinski definition) is 7. The number of carbonyl (C=O) groups is 2. The van der Waals surface area contributed by atoms with Crippen molar-refractivity contribution in [2.45, 2.75) is 32.7 Å². The lowest BCUT2D eigenvalue weighted by atomic mass is 10.2. The maximum atomic E-state index is 12.7. The van der Waals surface area contributed by atoms with E-state index < -0.39 is 43.7 Å². The zero-order chi connectivity index (χ0) is 51.8. The highest BCUT2D eigenvalue weighted by molar-refractivity contribution is 6.80. The lowest BCUT2D eigenvalue weighted by Gasteiger charge is -2.09. The molecule has 0 unspecified atom stereocenters. The topological polar surface area (TPSA) is 295 Å². The summed E-state index contributed by atoms with van der Waals surface area (Å²) in [6.45, 7) is 3.19. The van der Waals surface area contributed by atoms with Crippen molar-refractivity contribution in [3.63, 3.8) is 0 Å². The lowest BCUT2D eigenvalue weighted by Crippen LogP contribution is -2.36. The second-order valence-corrected chi connectivity index (χ2v) is 16.2. The van der Waals surface area contributed by atoms with Crippen LogP contribution in [0.1, 0.15) is 26.2 Å². The molecule has 4 aromatic carbocycles. The van der Waals surface area contributed by atoms with Crippen LogP contribution in [0.5, 0.6) is 0 Å². The van der Waals surface area contributed by atoms with Crippen LogP contribution in [-0.4, -0.2) is 85.4 Å². The van der Waals surface area contributed by atoms with E-state index >= 15 is 0 Å². The third-order valence-corrected chi connectivity index (χ3v) is 10.9. The third-order valence-electron chi connectivity index (χ3n) is 7.81. The summed E-state index contributed by atoms with van der Waals surface area (Å²) in [5.74, 6) is -1.98. The van der Waals surface area contributed by atoms with Crippen LogP contribution in [0.4, 0.5) is 32.8 Å². The number of nitrogens with two attached hydrogens (primary N) is 1. The van der Waals surface area contributed by atoms with Crippen molar-refractivity contribution in [1.29, 1.82) is 0 Å². The predicted octanol–water partition coefficient (Wildman–Crippen LogP) is 9.80. The Balaban J connectivity index is 0.000000434. The summed E-state index contributed by atoms with van der Waals surface area (Å²) in [6, 6.07) is 10.6. The number of aliphatic hydroxyl groups excluding tert-OH is 3. The zero-order valence-corrected chi connectivity index (χ0v) is 41.7. The summed E-state index contributed by atoms with van der Waals surface area (Å²) in [7, 11) is 0. The smallest absolute Gasteiger partial charge is 0.391 e. The van der Waals surface area contributed by atoms with Crippen LogP contribution in [-0.2, 0) is 20.9 Å². The van der Waals surface area contributed by atoms with Gasteiger partial charge < -0.3 is 46.0 Å². The first-order chi connectivity index (χ1) is 31.9. The Bertz CT molecular complexity index is 2660. The number of carbonyl (C=O) groups excluding carboxylic acids is 2. The summed E-state index contributed by atoms with van der Waals surface area (Å²) in [4.78, 5) is 65.0. The van der Waals surface area contributed by atoms with Gasteiger partial charge in [0.2, 0.25) is 5.82 Å². The summed E-state index contributed by atoms with van der Waals surface area (Å²) in [5, 5.41) is 53.5. The Hall–Kier alpha value is -4.42. The van der Waals surface area contributed by atoms with E-state index in [1.807, 2.05) is 0 Å². The number of esters is 1. The number of fused-ring (bicyclic) bond motifs is 1. The van der Waals surface area contributed by atoms with Crippen molar-refractivity contribution in [2.24, 2.45) is 0 Å². The molecule has 1 aromatic heterocycles. The molecule has 0 fully saturated rings. The minimum atomic E-state index is -1.08. The molecular weight excluding hydrogens is 1100 g/mol. The molecule has 19 nitrogen and oxygen atoms in total. The molecule has 1 heterocycles. The van der Waals surface area contributed by atoms with E-state index in [-0.39, 0.29) is 58.8 Å². The van der Waals surface area contributed by atoms with Gasteiger partial charge in [0, 0.05) is 57.7 Å². The number of aromatic amines is 1. The number of nitro groups is 2. The quantitative estimate of drug-likeness (QED) is 0.00750. The Morgan fingerprint density at radius 1 is 0.706 bits per heavy atom. The number of nitrogens with one attached hydrogen (secondary N) is 3. The second kappa shape index (κ2) is 31.7. The van der Waals surface area contributed by atoms with Crippen LogP contribution in [0.2, 0.25) is 40.2 Å². The molecule has 5 rings (SSSR count). The van der Waals surface area contributed by atoms with Gasteiger partial charge in [-0.25, -0.2) is 4.79 Å². The SMILES string of the molecule is CCOC(=O)C(=O)Cl.Nc1cc(Cl)c(Cl)cc1NCCCO.O=[N+]([O-])c1cc(Cl)c(Cl)cc1F.O=[N+]([O-])c1cc(Cl)c(Cl)cc1NCCCO.O=c1[nH]c2cc(Cl)c(Cl)cc2n(CCCO)c1=O. The molecule has 0 aliphatic carbocycles. The summed E-state index contributed by atoms with van der Waals surface area (Å²) < 4.78 is 18.2. The molecule has 0 radical (unpaired) electrons. The van der Waals surface area contributed by atoms with Gasteiger partial charge in [0.1, 0.15) is 5.69 Å². The van der Waals surface area contributed by atoms with E-state index in [0.29, 0.717) is 74.9 Å². The molecule has 0 aliphatic heterocycles. The fourth-order valence-corrected chi connectivity index (χ4v) is 6.05. The Morgan fingerprint density at radius 3 is 1.63 bits per heavy atom. The van der Waals surface area contributed by atoms with Crippen molar-refractivity contribution < 1.29 is 43.9 Å². The molecule has 68 heavy (non-hydrogen) atoms. The fourth-order valence-electron chi connectivity index (χ4n) is 4.71. The normalized spacial score (nSPS) is 10.1. The Labute approximate surface area is 429 Å². The Kier molecular flexibility index (Phi) is 28.7. The number of nitrogen functional groups attached to an aromatic ring is 1. The van der Waals surface area contributed by atoms with Gasteiger partial charge in [-0.05, 0) is 68.1 Å². The summed E-state index contributed by atoms with van der Waals surface area (Å²) >= 11 is 50.3. The molecular formula is C39H39Cl9FN7O12. The maximum Gasteiger partial charge on any atom is 0.391 e. The average molecular weight is 1140 g/mol. The standard InChI is InChI=1S/C11H10Cl2N2O3.C9H10Cl2N2O3.C9H12Cl2N2O.C6H2Cl2FNO2.C4H5ClO3/c12-6-4-8-9(5-7(6)13)15(2-1-3-16)11(18)10(17)14-8;10-6-4-8(12-2-1-3-14)9(13(15)16)5-7(6)11;10-6-4-8(12)9(5-7(6)11)13-2-1-3-14;7-3-1-5(9)6(10(11)12)2-4(3)8;1-2-8-4(7)3(5)6/h4-5,16H,1-3H2,(H,14,17);4-5,12,14H,1-3H2;4-5,13-14H,1-3,12H2;1-2H;2H2,1H3. The highest BCUT2D eigenvalue weighted by Gasteiger charge is 2.18. The summed E-state index contributed by atoms with van der Waals surface area (Å²) in [6.07, 6.45) is 1.54. The van der Waals surface area contributed by atoms with Gasteiger partial charge in [0.05, 0.1) is 79.0 Å². The van der Waals surface area contributed by atoms with Gasteiger partial charge >= 0.3 is 28.0 Å². The maximum absolute atomic E-state index is 12.7. The number of halogens is 10. The number of ether oxygens (including phenoxy) is 1. The largest absolute Gasteiger partial charge is 0.459 e. The highest BCUT2D eigenvalue weighted by Crippen LogP contribution is 2.34. The van der Waals surface area contributed by atoms with Gasteiger partial charge in [0.25, 0.3) is 5.69 Å². The molecule has 0 saturated carbocycles. The van der Waals surface area contributed by atoms with E-state index in [1.54, 1.807) is 19.1 Å². The molecule has 0 bridgehead atoms. The van der Waals surface area contributed by atoms with Gasteiger partial charge in [-0.15, -0.1) is 0 Å². The zero-order valence-electron chi connectivity index (χ0n) is 34.9. The fraction of sp³-hybridized carbons (Fsp3) is 0.282. The number of anilines is 3. The van der Waals surface area contributed by atoms with Crippen LogP contribution in [0, 0.1) is 26.0 Å². The minimum absolute atomic E-state index is 0.0160. The number of aromatic nitrogens is 2. The highest BCUT2D eigenvalue weighted by atomic mass is 35.5. The molecule has 0 atom stereocenters. The van der Waals surface area contributed by atoms with Crippen LogP contribution < -0.4 is 27.5 Å². The molecule has 29 heteroatoms. The van der Waals surface area contributed by atoms with E-state index in [2.05, 4.69) is 20.4 Å². The molecule has 0 amide bonds. The first kappa shape index (κ1) is 61.6. The van der Waals surface area contributed by atoms with Crippen LogP contribution in [0.15, 0.2) is 58.1 Å². The number of benzene rings is 4. The first-order valence-electron chi connectivity index (χ1n) is 18.9. The number of H-pyrrole nitrogens is 1. The van der Waals surface area contributed by atoms with Gasteiger partial charge in [-0.3, -0.25) is 34.6 Å². The van der Waals surface area contributed by atoms with Crippen LogP contribution in [0.3, 0.4) is 0 Å². The molecule has 5 aromatic rings. The molecule has 0 spiro atoms. The number of rotatable bonds is 15. The number of aryl methyl sites for hydroxylation is 1. The average Bonchev–Trinajstić information content (AvgIpc) is 3.27. The minimum Gasteiger partial charge on any atom is -0.459 e. The van der Waals surface area contributed by atoms with E-state index in [9.17, 15) is 43.8 Å². The van der Waals surface area contributed by atoms with Gasteiger partial charge in [0.15, 0.2) is 0 Å².